The second kappa shape index (κ2) is 7.50. The van der Waals surface area contributed by atoms with Gasteiger partial charge in [0.2, 0.25) is 0 Å². The molecule has 94 valence electrons. The highest BCUT2D eigenvalue weighted by molar-refractivity contribution is 9.10. The highest BCUT2D eigenvalue weighted by atomic mass is 79.9. The van der Waals surface area contributed by atoms with E-state index in [1.165, 1.54) is 4.88 Å². The number of likely N-dealkylation sites (N-methyl/N-ethyl adjacent to an activating group) is 1. The molecule has 0 aliphatic carbocycles. The van der Waals surface area contributed by atoms with Crippen molar-refractivity contribution < 1.29 is 4.74 Å². The molecule has 0 bridgehead atoms. The third kappa shape index (κ3) is 4.22. The Balaban J connectivity index is 0.00000225. The summed E-state index contributed by atoms with van der Waals surface area (Å²) in [5.41, 5.74) is 5.62. The predicted molar refractivity (Wildman–Crippen MR) is 75.8 cm³/mol. The first kappa shape index (κ1) is 16.2. The van der Waals surface area contributed by atoms with E-state index >= 15 is 0 Å². The second-order valence-corrected chi connectivity index (χ2v) is 5.51. The largest absolute Gasteiger partial charge is 0.486 e. The van der Waals surface area contributed by atoms with E-state index in [4.69, 9.17) is 10.5 Å². The van der Waals surface area contributed by atoms with Gasteiger partial charge in [0.25, 0.3) is 0 Å². The van der Waals surface area contributed by atoms with Crippen LogP contribution in [0, 0.1) is 0 Å². The zero-order chi connectivity index (χ0) is 11.4. The van der Waals surface area contributed by atoms with Gasteiger partial charge in [0.15, 0.2) is 5.06 Å². The Labute approximate surface area is 115 Å². The lowest BCUT2D eigenvalue weighted by Crippen LogP contribution is -2.34. The Morgan fingerprint density at radius 1 is 1.62 bits per heavy atom. The number of nitrogens with two attached hydrogens (primary N) is 1. The van der Waals surface area contributed by atoms with Gasteiger partial charge in [-0.05, 0) is 36.0 Å². The molecule has 0 aliphatic heterocycles. The summed E-state index contributed by atoms with van der Waals surface area (Å²) in [4.78, 5) is 3.51. The van der Waals surface area contributed by atoms with E-state index in [0.717, 1.165) is 16.1 Å². The van der Waals surface area contributed by atoms with Crippen LogP contribution in [0.3, 0.4) is 0 Å². The third-order valence-electron chi connectivity index (χ3n) is 2.39. The van der Waals surface area contributed by atoms with Gasteiger partial charge in [-0.25, -0.2) is 0 Å². The van der Waals surface area contributed by atoms with Crippen molar-refractivity contribution >= 4 is 39.7 Å². The van der Waals surface area contributed by atoms with E-state index in [1.54, 1.807) is 18.4 Å². The van der Waals surface area contributed by atoms with Gasteiger partial charge in [-0.2, -0.15) is 0 Å². The molecular weight excluding hydrogens is 312 g/mol. The van der Waals surface area contributed by atoms with Crippen LogP contribution in [0.1, 0.15) is 11.8 Å². The van der Waals surface area contributed by atoms with Crippen molar-refractivity contribution in [3.63, 3.8) is 0 Å². The van der Waals surface area contributed by atoms with Gasteiger partial charge >= 0.3 is 0 Å². The van der Waals surface area contributed by atoms with Crippen molar-refractivity contribution in [2.24, 2.45) is 5.73 Å². The van der Waals surface area contributed by atoms with Gasteiger partial charge < -0.3 is 10.5 Å². The molecule has 0 saturated carbocycles. The lowest BCUT2D eigenvalue weighted by atomic mass is 10.3. The minimum atomic E-state index is 0. The summed E-state index contributed by atoms with van der Waals surface area (Å²) in [6, 6.07) is 2.50. The number of ether oxygens (including phenoxy) is 1. The van der Waals surface area contributed by atoms with Crippen LogP contribution >= 0.6 is 39.7 Å². The van der Waals surface area contributed by atoms with Crippen LogP contribution in [0.25, 0.3) is 0 Å². The number of halogens is 2. The fourth-order valence-corrected chi connectivity index (χ4v) is 2.95. The van der Waals surface area contributed by atoms with E-state index in [2.05, 4.69) is 40.9 Å². The fourth-order valence-electron chi connectivity index (χ4n) is 1.20. The summed E-state index contributed by atoms with van der Waals surface area (Å²) in [5.74, 6) is 0. The summed E-state index contributed by atoms with van der Waals surface area (Å²) in [5, 5.41) is 0.929. The molecule has 16 heavy (non-hydrogen) atoms. The van der Waals surface area contributed by atoms with Gasteiger partial charge in [-0.1, -0.05) is 0 Å². The number of nitrogens with zero attached hydrogens (tertiary/aromatic N) is 1. The van der Waals surface area contributed by atoms with Crippen LogP contribution in [0.2, 0.25) is 0 Å². The van der Waals surface area contributed by atoms with Crippen molar-refractivity contribution in [2.75, 3.05) is 20.7 Å². The SMILES string of the molecule is COc1sc(CN(C)C(C)CN)cc1Br.Cl. The average Bonchev–Trinajstić information content (AvgIpc) is 2.57. The van der Waals surface area contributed by atoms with Crippen molar-refractivity contribution in [1.29, 1.82) is 0 Å². The molecule has 1 unspecified atom stereocenters. The lowest BCUT2D eigenvalue weighted by Gasteiger charge is -2.22. The summed E-state index contributed by atoms with van der Waals surface area (Å²) in [6.45, 7) is 3.71. The Hall–Kier alpha value is 0.190. The number of rotatable bonds is 5. The molecule has 1 aromatic rings. The first-order chi connectivity index (χ1) is 7.08. The number of methoxy groups -OCH3 is 1. The van der Waals surface area contributed by atoms with Gasteiger partial charge in [-0.15, -0.1) is 23.7 Å². The number of hydrogen-bond donors (Lipinski definition) is 1. The Morgan fingerprint density at radius 3 is 2.69 bits per heavy atom. The van der Waals surface area contributed by atoms with Crippen molar-refractivity contribution in [2.45, 2.75) is 19.5 Å². The van der Waals surface area contributed by atoms with E-state index in [1.807, 2.05) is 0 Å². The summed E-state index contributed by atoms with van der Waals surface area (Å²) in [6.07, 6.45) is 0. The van der Waals surface area contributed by atoms with E-state index in [-0.39, 0.29) is 12.4 Å². The minimum absolute atomic E-state index is 0. The zero-order valence-electron chi connectivity index (χ0n) is 9.70. The minimum Gasteiger partial charge on any atom is -0.486 e. The van der Waals surface area contributed by atoms with Gasteiger partial charge in [0, 0.05) is 24.0 Å². The summed E-state index contributed by atoms with van der Waals surface area (Å²) in [7, 11) is 3.77. The molecule has 1 rings (SSSR count). The van der Waals surface area contributed by atoms with E-state index in [0.29, 0.717) is 12.6 Å². The zero-order valence-corrected chi connectivity index (χ0v) is 12.9. The Bertz CT molecular complexity index is 322. The smallest absolute Gasteiger partial charge is 0.188 e. The summed E-state index contributed by atoms with van der Waals surface area (Å²) >= 11 is 5.13. The highest BCUT2D eigenvalue weighted by Crippen LogP contribution is 2.35. The summed E-state index contributed by atoms with van der Waals surface area (Å²) < 4.78 is 6.25. The van der Waals surface area contributed by atoms with Crippen LogP contribution in [0.15, 0.2) is 10.5 Å². The van der Waals surface area contributed by atoms with Crippen LogP contribution < -0.4 is 10.5 Å². The molecule has 0 aliphatic rings. The average molecular weight is 330 g/mol. The Morgan fingerprint density at radius 2 is 2.25 bits per heavy atom. The van der Waals surface area contributed by atoms with Crippen molar-refractivity contribution in [1.82, 2.24) is 4.90 Å². The fraction of sp³-hybridized carbons (Fsp3) is 0.600. The first-order valence-electron chi connectivity index (χ1n) is 4.81. The van der Waals surface area contributed by atoms with Crippen LogP contribution in [0.4, 0.5) is 0 Å². The molecule has 0 fully saturated rings. The Kier molecular flexibility index (Phi) is 7.59. The molecule has 1 aromatic heterocycles. The van der Waals surface area contributed by atoms with E-state index in [9.17, 15) is 0 Å². The maximum Gasteiger partial charge on any atom is 0.188 e. The quantitative estimate of drug-likeness (QED) is 0.902. The van der Waals surface area contributed by atoms with Crippen LogP contribution in [0.5, 0.6) is 5.06 Å². The monoisotopic (exact) mass is 328 g/mol. The normalized spacial score (nSPS) is 12.4. The molecule has 1 atom stereocenters. The molecule has 2 N–H and O–H groups in total. The molecule has 3 nitrogen and oxygen atoms in total. The standard InChI is InChI=1S/C10H17BrN2OS.ClH/c1-7(5-12)13(2)6-8-4-9(11)10(14-3)15-8;/h4,7H,5-6,12H2,1-3H3;1H. The maximum absolute atomic E-state index is 5.62. The lowest BCUT2D eigenvalue weighted by molar-refractivity contribution is 0.257. The first-order valence-corrected chi connectivity index (χ1v) is 6.42. The van der Waals surface area contributed by atoms with Gasteiger partial charge in [0.05, 0.1) is 11.6 Å². The molecule has 6 heteroatoms. The third-order valence-corrected chi connectivity index (χ3v) is 4.32. The molecule has 0 saturated heterocycles. The molecule has 0 radical (unpaired) electrons. The number of hydrogen-bond acceptors (Lipinski definition) is 4. The molecule has 0 spiro atoms. The second-order valence-electron chi connectivity index (χ2n) is 3.55. The van der Waals surface area contributed by atoms with Gasteiger partial charge in [-0.3, -0.25) is 4.90 Å². The molecule has 1 heterocycles. The molecule has 0 aromatic carbocycles. The molecular formula is C10H18BrClN2OS. The van der Waals surface area contributed by atoms with Gasteiger partial charge in [0.1, 0.15) is 0 Å². The van der Waals surface area contributed by atoms with Crippen LogP contribution in [-0.4, -0.2) is 31.6 Å². The highest BCUT2D eigenvalue weighted by Gasteiger charge is 2.11. The van der Waals surface area contributed by atoms with E-state index < -0.39 is 0 Å². The maximum atomic E-state index is 5.62. The van der Waals surface area contributed by atoms with Crippen molar-refractivity contribution in [3.8, 4) is 5.06 Å². The topological polar surface area (TPSA) is 38.5 Å². The van der Waals surface area contributed by atoms with Crippen molar-refractivity contribution in [3.05, 3.63) is 15.4 Å². The predicted octanol–water partition coefficient (Wildman–Crippen LogP) is 2.72. The van der Waals surface area contributed by atoms with Crippen LogP contribution in [-0.2, 0) is 6.54 Å². The number of thiophene rings is 1. The molecule has 0 amide bonds.